The number of allylic oxidation sites excluding steroid dienone is 4. The second kappa shape index (κ2) is 8.85. The molecule has 0 saturated heterocycles. The molecule has 0 amide bonds. The minimum atomic E-state index is -4.35. The Hall–Kier alpha value is -1.53. The highest BCUT2D eigenvalue weighted by atomic mass is 32.2. The lowest BCUT2D eigenvalue weighted by atomic mass is 9.48. The fourth-order valence-corrected chi connectivity index (χ4v) is 8.55. The van der Waals surface area contributed by atoms with E-state index >= 15 is 0 Å². The third-order valence-corrected chi connectivity index (χ3v) is 10.2. The lowest BCUT2D eigenvalue weighted by molar-refractivity contribution is -0.137. The van der Waals surface area contributed by atoms with Crippen molar-refractivity contribution in [2.45, 2.75) is 71.6 Å². The van der Waals surface area contributed by atoms with Crippen LogP contribution in [0.15, 0.2) is 48.1 Å². The maximum atomic E-state index is 13.2. The molecule has 0 N–H and O–H groups in total. The maximum Gasteiger partial charge on any atom is 0.416 e. The third-order valence-electron chi connectivity index (χ3n) is 9.54. The Kier molecular flexibility index (Phi) is 6.29. The molecule has 2 nitrogen and oxygen atoms in total. The second-order valence-electron chi connectivity index (χ2n) is 11.1. The van der Waals surface area contributed by atoms with Crippen LogP contribution >= 0.6 is 12.0 Å². The Balaban J connectivity index is 1.21. The molecule has 0 spiro atoms. The SMILES string of the molecule is C[C@]12CC[C@H]3[C@@H](CCC4=CCC=C[C@@]43C)[C@@H]1CC[C@@H]2C(=O)SOCc1ccc(C(F)(F)F)cc1. The first kappa shape index (κ1) is 24.2. The molecule has 5 rings (SSSR count). The van der Waals surface area contributed by atoms with Gasteiger partial charge in [0, 0.05) is 11.3 Å². The van der Waals surface area contributed by atoms with E-state index in [1.807, 2.05) is 0 Å². The van der Waals surface area contributed by atoms with Gasteiger partial charge in [0.25, 0.3) is 0 Å². The van der Waals surface area contributed by atoms with Crippen molar-refractivity contribution in [3.05, 3.63) is 59.2 Å². The number of hydrogen-bond acceptors (Lipinski definition) is 3. The minimum Gasteiger partial charge on any atom is -0.303 e. The predicted octanol–water partition coefficient (Wildman–Crippen LogP) is 8.14. The molecular weight excluding hydrogens is 457 g/mol. The Bertz CT molecular complexity index is 998. The number of hydrogen-bond donors (Lipinski definition) is 0. The van der Waals surface area contributed by atoms with Crippen LogP contribution in [-0.2, 0) is 21.8 Å². The van der Waals surface area contributed by atoms with Crippen LogP contribution in [0.5, 0.6) is 0 Å². The molecule has 1 aromatic carbocycles. The van der Waals surface area contributed by atoms with Gasteiger partial charge in [0.05, 0.1) is 24.2 Å². The average molecular weight is 491 g/mol. The van der Waals surface area contributed by atoms with Gasteiger partial charge in [-0.05, 0) is 85.8 Å². The first-order valence-electron chi connectivity index (χ1n) is 12.5. The normalized spacial score (nSPS) is 36.9. The van der Waals surface area contributed by atoms with Gasteiger partial charge in [0.15, 0.2) is 0 Å². The number of rotatable bonds is 4. The van der Waals surface area contributed by atoms with Crippen LogP contribution in [0.3, 0.4) is 0 Å². The third kappa shape index (κ3) is 4.09. The summed E-state index contributed by atoms with van der Waals surface area (Å²) in [5, 5.41) is 0.0792. The highest BCUT2D eigenvalue weighted by Crippen LogP contribution is 2.66. The first-order chi connectivity index (χ1) is 16.1. The van der Waals surface area contributed by atoms with Crippen LogP contribution in [0.2, 0.25) is 0 Å². The summed E-state index contributed by atoms with van der Waals surface area (Å²) in [6, 6.07) is 4.93. The van der Waals surface area contributed by atoms with Gasteiger partial charge in [-0.3, -0.25) is 4.79 Å². The molecule has 0 radical (unpaired) electrons. The molecule has 0 aliphatic heterocycles. The van der Waals surface area contributed by atoms with Crippen molar-refractivity contribution in [1.82, 2.24) is 0 Å². The predicted molar refractivity (Wildman–Crippen MR) is 129 cm³/mol. The molecule has 184 valence electrons. The van der Waals surface area contributed by atoms with Crippen molar-refractivity contribution in [3.63, 3.8) is 0 Å². The van der Waals surface area contributed by atoms with E-state index in [9.17, 15) is 18.0 Å². The van der Waals surface area contributed by atoms with E-state index in [-0.39, 0.29) is 28.5 Å². The van der Waals surface area contributed by atoms with Crippen molar-refractivity contribution in [2.75, 3.05) is 0 Å². The van der Waals surface area contributed by atoms with E-state index in [4.69, 9.17) is 4.18 Å². The highest BCUT2D eigenvalue weighted by Gasteiger charge is 2.59. The minimum absolute atomic E-state index is 0.0114. The summed E-state index contributed by atoms with van der Waals surface area (Å²) in [4.78, 5) is 13.2. The molecule has 34 heavy (non-hydrogen) atoms. The molecule has 4 aliphatic carbocycles. The molecule has 6 heteroatoms. The van der Waals surface area contributed by atoms with Crippen molar-refractivity contribution in [2.24, 2.45) is 34.5 Å². The number of carbonyl (C=O) groups is 1. The molecule has 6 atom stereocenters. The summed E-state index contributed by atoms with van der Waals surface area (Å²) >= 11 is 0.898. The van der Waals surface area contributed by atoms with Gasteiger partial charge >= 0.3 is 6.18 Å². The Morgan fingerprint density at radius 3 is 2.59 bits per heavy atom. The van der Waals surface area contributed by atoms with Crippen LogP contribution in [0.4, 0.5) is 13.2 Å². The molecule has 0 unspecified atom stereocenters. The Morgan fingerprint density at radius 2 is 1.85 bits per heavy atom. The standard InChI is InChI=1S/C28H33F3O2S/c1-26-15-4-3-5-19(26)10-11-21-22-12-13-24(27(22,2)16-14-23(21)26)25(32)34-33-17-18-6-8-20(9-7-18)28(29,30)31/h4-9,15,21-24H,3,10-14,16-17H2,1-2H3/t21-,22-,23-,24+,26-,27-/m0/s1. The van der Waals surface area contributed by atoms with Crippen LogP contribution in [0, 0.1) is 34.5 Å². The number of benzene rings is 1. The monoisotopic (exact) mass is 490 g/mol. The zero-order chi connectivity index (χ0) is 24.1. The molecule has 3 fully saturated rings. The number of carbonyl (C=O) groups excluding carboxylic acids is 1. The van der Waals surface area contributed by atoms with Crippen molar-refractivity contribution in [1.29, 1.82) is 0 Å². The molecule has 0 heterocycles. The second-order valence-corrected chi connectivity index (χ2v) is 11.9. The molecule has 0 aromatic heterocycles. The smallest absolute Gasteiger partial charge is 0.303 e. The van der Waals surface area contributed by atoms with E-state index in [1.165, 1.54) is 25.0 Å². The van der Waals surface area contributed by atoms with E-state index in [0.717, 1.165) is 56.3 Å². The average Bonchev–Trinajstić information content (AvgIpc) is 3.15. The molecule has 0 bridgehead atoms. The summed E-state index contributed by atoms with van der Waals surface area (Å²) in [6.45, 7) is 4.87. The largest absolute Gasteiger partial charge is 0.416 e. The molecular formula is C28H33F3O2S. The zero-order valence-electron chi connectivity index (χ0n) is 19.9. The number of fused-ring (bicyclic) bond motifs is 5. The quantitative estimate of drug-likeness (QED) is 0.315. The van der Waals surface area contributed by atoms with Crippen LogP contribution in [-0.4, -0.2) is 5.12 Å². The van der Waals surface area contributed by atoms with Crippen molar-refractivity contribution < 1.29 is 22.1 Å². The van der Waals surface area contributed by atoms with Crippen molar-refractivity contribution in [3.8, 4) is 0 Å². The van der Waals surface area contributed by atoms with Gasteiger partial charge in [-0.25, -0.2) is 0 Å². The zero-order valence-corrected chi connectivity index (χ0v) is 20.7. The summed E-state index contributed by atoms with van der Waals surface area (Å²) in [5.74, 6) is 1.89. The fourth-order valence-electron chi connectivity index (χ4n) is 7.73. The highest BCUT2D eigenvalue weighted by molar-refractivity contribution is 8.09. The summed E-state index contributed by atoms with van der Waals surface area (Å²) in [6.07, 6.45) is 10.6. The van der Waals surface area contributed by atoms with E-state index in [1.54, 1.807) is 5.57 Å². The van der Waals surface area contributed by atoms with Gasteiger partial charge in [-0.2, -0.15) is 13.2 Å². The number of halogens is 3. The lowest BCUT2D eigenvalue weighted by Crippen LogP contribution is -2.49. The van der Waals surface area contributed by atoms with E-state index in [0.29, 0.717) is 23.3 Å². The molecule has 3 saturated carbocycles. The van der Waals surface area contributed by atoms with Gasteiger partial charge < -0.3 is 4.18 Å². The summed E-state index contributed by atoms with van der Waals surface area (Å²) in [7, 11) is 0. The number of alkyl halides is 3. The Labute approximate surface area is 204 Å². The summed E-state index contributed by atoms with van der Waals surface area (Å²) < 4.78 is 43.8. The van der Waals surface area contributed by atoms with E-state index < -0.39 is 11.7 Å². The molecule has 1 aromatic rings. The van der Waals surface area contributed by atoms with Crippen LogP contribution in [0.25, 0.3) is 0 Å². The van der Waals surface area contributed by atoms with Gasteiger partial charge in [0.1, 0.15) is 0 Å². The summed E-state index contributed by atoms with van der Waals surface area (Å²) in [5.41, 5.74) is 1.77. The fraction of sp³-hybridized carbons (Fsp3) is 0.607. The van der Waals surface area contributed by atoms with E-state index in [2.05, 4.69) is 32.1 Å². The Morgan fingerprint density at radius 1 is 1.09 bits per heavy atom. The van der Waals surface area contributed by atoms with Crippen molar-refractivity contribution >= 4 is 17.2 Å². The first-order valence-corrected chi connectivity index (χ1v) is 13.2. The van der Waals surface area contributed by atoms with Gasteiger partial charge in [0.2, 0.25) is 5.12 Å². The topological polar surface area (TPSA) is 26.3 Å². The van der Waals surface area contributed by atoms with Gasteiger partial charge in [-0.1, -0.05) is 49.8 Å². The lowest BCUT2D eigenvalue weighted by Gasteiger charge is -2.57. The van der Waals surface area contributed by atoms with Crippen LogP contribution in [0.1, 0.15) is 69.9 Å². The maximum absolute atomic E-state index is 13.2. The van der Waals surface area contributed by atoms with Crippen LogP contribution < -0.4 is 0 Å². The van der Waals surface area contributed by atoms with Gasteiger partial charge in [-0.15, -0.1) is 0 Å². The molecule has 4 aliphatic rings.